The van der Waals surface area contributed by atoms with Crippen LogP contribution in [-0.2, 0) is 6.54 Å². The zero-order valence-corrected chi connectivity index (χ0v) is 13.3. The van der Waals surface area contributed by atoms with Crippen LogP contribution in [0, 0.1) is 0 Å². The fourth-order valence-corrected chi connectivity index (χ4v) is 3.27. The van der Waals surface area contributed by atoms with Crippen LogP contribution in [0.5, 0.6) is 0 Å². The summed E-state index contributed by atoms with van der Waals surface area (Å²) < 4.78 is 0. The van der Waals surface area contributed by atoms with Crippen molar-refractivity contribution in [3.8, 4) is 0 Å². The van der Waals surface area contributed by atoms with Gasteiger partial charge in [-0.15, -0.1) is 0 Å². The molecule has 0 aromatic carbocycles. The third-order valence-corrected chi connectivity index (χ3v) is 4.63. The first-order chi connectivity index (χ1) is 10.2. The Kier molecular flexibility index (Phi) is 4.73. The summed E-state index contributed by atoms with van der Waals surface area (Å²) in [7, 11) is 4.05. The van der Waals surface area contributed by atoms with Crippen molar-refractivity contribution in [2.75, 3.05) is 58.3 Å². The summed E-state index contributed by atoms with van der Waals surface area (Å²) >= 11 is 0. The lowest BCUT2D eigenvalue weighted by molar-refractivity contribution is 0.0981. The van der Waals surface area contributed by atoms with Crippen LogP contribution in [0.25, 0.3) is 0 Å². The van der Waals surface area contributed by atoms with Crippen LogP contribution in [0.2, 0.25) is 0 Å². The minimum absolute atomic E-state index is 0.771. The smallest absolute Gasteiger partial charge is 0.127 e. The molecule has 5 nitrogen and oxygen atoms in total. The molecule has 5 heteroatoms. The van der Waals surface area contributed by atoms with Crippen molar-refractivity contribution in [2.45, 2.75) is 19.0 Å². The predicted molar refractivity (Wildman–Crippen MR) is 86.7 cm³/mol. The minimum atomic E-state index is 0.771. The molecule has 0 saturated carbocycles. The Morgan fingerprint density at radius 1 is 1.24 bits per heavy atom. The number of pyridine rings is 1. The topological polar surface area (TPSA) is 34.6 Å². The number of piperazine rings is 1. The van der Waals surface area contributed by atoms with Crippen molar-refractivity contribution in [3.05, 3.63) is 23.9 Å². The summed E-state index contributed by atoms with van der Waals surface area (Å²) in [6, 6.07) is 5.08. The quantitative estimate of drug-likeness (QED) is 0.879. The van der Waals surface area contributed by atoms with E-state index in [1.54, 1.807) is 0 Å². The number of hydrogen-bond acceptors (Lipinski definition) is 5. The molecule has 1 N–H and O–H groups in total. The van der Waals surface area contributed by atoms with Gasteiger partial charge >= 0.3 is 0 Å². The van der Waals surface area contributed by atoms with Crippen molar-refractivity contribution < 1.29 is 0 Å². The molecule has 2 saturated heterocycles. The van der Waals surface area contributed by atoms with E-state index in [2.05, 4.69) is 32.2 Å². The highest BCUT2D eigenvalue weighted by Gasteiger charge is 2.25. The van der Waals surface area contributed by atoms with E-state index in [0.717, 1.165) is 18.4 Å². The van der Waals surface area contributed by atoms with E-state index in [1.165, 1.54) is 51.3 Å². The molecule has 1 atom stereocenters. The molecule has 0 amide bonds. The molecule has 3 heterocycles. The van der Waals surface area contributed by atoms with E-state index in [4.69, 9.17) is 0 Å². The van der Waals surface area contributed by atoms with E-state index < -0.39 is 0 Å². The number of anilines is 1. The maximum absolute atomic E-state index is 4.50. The molecule has 0 radical (unpaired) electrons. The molecular weight excluding hydrogens is 262 g/mol. The van der Waals surface area contributed by atoms with Crippen molar-refractivity contribution in [2.24, 2.45) is 0 Å². The Balaban J connectivity index is 1.48. The summed E-state index contributed by atoms with van der Waals surface area (Å²) in [5, 5.41) is 3.47. The number of aromatic nitrogens is 1. The van der Waals surface area contributed by atoms with Gasteiger partial charge in [0.05, 0.1) is 0 Å². The van der Waals surface area contributed by atoms with Crippen molar-refractivity contribution >= 4 is 5.82 Å². The van der Waals surface area contributed by atoms with Crippen LogP contribution in [-0.4, -0.2) is 74.2 Å². The normalized spacial score (nSPS) is 24.4. The fraction of sp³-hybridized carbons (Fsp3) is 0.688. The maximum atomic E-state index is 4.50. The van der Waals surface area contributed by atoms with Gasteiger partial charge in [0.2, 0.25) is 0 Å². The predicted octanol–water partition coefficient (Wildman–Crippen LogP) is 0.627. The summed E-state index contributed by atoms with van der Waals surface area (Å²) in [6.07, 6.45) is 3.33. The van der Waals surface area contributed by atoms with E-state index in [9.17, 15) is 0 Å². The van der Waals surface area contributed by atoms with Gasteiger partial charge in [-0.1, -0.05) is 6.07 Å². The second-order valence-corrected chi connectivity index (χ2v) is 6.38. The molecular formula is C16H27N5. The highest BCUT2D eigenvalue weighted by atomic mass is 15.3. The molecule has 21 heavy (non-hydrogen) atoms. The minimum Gasteiger partial charge on any atom is -0.363 e. The molecule has 3 rings (SSSR count). The average molecular weight is 289 g/mol. The first kappa shape index (κ1) is 14.8. The summed E-state index contributed by atoms with van der Waals surface area (Å²) in [6.45, 7) is 8.14. The largest absolute Gasteiger partial charge is 0.363 e. The van der Waals surface area contributed by atoms with Gasteiger partial charge in [-0.05, 0) is 24.6 Å². The molecule has 1 aromatic heterocycles. The zero-order chi connectivity index (χ0) is 14.7. The summed E-state index contributed by atoms with van der Waals surface area (Å²) in [4.78, 5) is 11.7. The van der Waals surface area contributed by atoms with Crippen molar-refractivity contribution in [1.29, 1.82) is 0 Å². The fourth-order valence-electron chi connectivity index (χ4n) is 3.27. The van der Waals surface area contributed by atoms with Gasteiger partial charge in [0.15, 0.2) is 0 Å². The van der Waals surface area contributed by atoms with Gasteiger partial charge < -0.3 is 10.2 Å². The molecule has 2 aliphatic heterocycles. The SMILES string of the molecule is CN(C)c1ccc(CN2CCN([C@H]3CCNC3)CC2)cn1. The Morgan fingerprint density at radius 2 is 2.05 bits per heavy atom. The zero-order valence-electron chi connectivity index (χ0n) is 13.3. The molecule has 1 aromatic rings. The van der Waals surface area contributed by atoms with Crippen molar-refractivity contribution in [3.63, 3.8) is 0 Å². The van der Waals surface area contributed by atoms with Gasteiger partial charge in [-0.3, -0.25) is 9.80 Å². The molecule has 2 fully saturated rings. The van der Waals surface area contributed by atoms with Gasteiger partial charge in [-0.25, -0.2) is 4.98 Å². The monoisotopic (exact) mass is 289 g/mol. The number of nitrogens with zero attached hydrogens (tertiary/aromatic N) is 4. The number of rotatable bonds is 4. The third-order valence-electron chi connectivity index (χ3n) is 4.63. The second kappa shape index (κ2) is 6.73. The summed E-state index contributed by atoms with van der Waals surface area (Å²) in [5.41, 5.74) is 1.32. The molecule has 116 valence electrons. The molecule has 0 unspecified atom stereocenters. The number of nitrogens with one attached hydrogen (secondary N) is 1. The van der Waals surface area contributed by atoms with Crippen LogP contribution in [0.15, 0.2) is 18.3 Å². The lowest BCUT2D eigenvalue weighted by Crippen LogP contribution is -2.50. The van der Waals surface area contributed by atoms with Crippen LogP contribution < -0.4 is 10.2 Å². The third kappa shape index (κ3) is 3.73. The van der Waals surface area contributed by atoms with E-state index in [0.29, 0.717) is 0 Å². The number of hydrogen-bond donors (Lipinski definition) is 1. The molecule has 0 bridgehead atoms. The van der Waals surface area contributed by atoms with Gasteiger partial charge in [0.25, 0.3) is 0 Å². The first-order valence-corrected chi connectivity index (χ1v) is 8.02. The highest BCUT2D eigenvalue weighted by Crippen LogP contribution is 2.15. The van der Waals surface area contributed by atoms with E-state index in [-0.39, 0.29) is 0 Å². The lowest BCUT2D eigenvalue weighted by Gasteiger charge is -2.37. The average Bonchev–Trinajstić information content (AvgIpc) is 3.03. The van der Waals surface area contributed by atoms with Crippen LogP contribution in [0.3, 0.4) is 0 Å². The Bertz CT molecular complexity index is 430. The van der Waals surface area contributed by atoms with Crippen LogP contribution >= 0.6 is 0 Å². The first-order valence-electron chi connectivity index (χ1n) is 8.02. The second-order valence-electron chi connectivity index (χ2n) is 6.38. The maximum Gasteiger partial charge on any atom is 0.127 e. The van der Waals surface area contributed by atoms with Gasteiger partial charge in [0.1, 0.15) is 5.82 Å². The van der Waals surface area contributed by atoms with E-state index >= 15 is 0 Å². The van der Waals surface area contributed by atoms with Crippen LogP contribution in [0.4, 0.5) is 5.82 Å². The Hall–Kier alpha value is -1.17. The van der Waals surface area contributed by atoms with Gasteiger partial charge in [0, 0.05) is 65.6 Å². The lowest BCUT2D eigenvalue weighted by atomic mass is 10.1. The summed E-state index contributed by atoms with van der Waals surface area (Å²) in [5.74, 6) is 1.03. The highest BCUT2D eigenvalue weighted by molar-refractivity contribution is 5.37. The molecule has 0 aliphatic carbocycles. The Morgan fingerprint density at radius 3 is 2.62 bits per heavy atom. The van der Waals surface area contributed by atoms with E-state index in [1.807, 2.05) is 25.2 Å². The Labute approximate surface area is 127 Å². The molecule has 2 aliphatic rings. The standard InChI is InChI=1S/C16H27N5/c1-19(2)16-4-3-14(11-18-16)13-20-7-9-21(10-8-20)15-5-6-17-12-15/h3-4,11,15,17H,5-10,12-13H2,1-2H3/t15-/m0/s1. The molecule has 0 spiro atoms. The van der Waals surface area contributed by atoms with Crippen LogP contribution in [0.1, 0.15) is 12.0 Å². The van der Waals surface area contributed by atoms with Crippen molar-refractivity contribution in [1.82, 2.24) is 20.1 Å². The van der Waals surface area contributed by atoms with Gasteiger partial charge in [-0.2, -0.15) is 0 Å².